The molecule has 2 heterocycles. The second-order valence-corrected chi connectivity index (χ2v) is 4.84. The highest BCUT2D eigenvalue weighted by molar-refractivity contribution is 5.96. The number of rotatable bonds is 4. The van der Waals surface area contributed by atoms with Crippen molar-refractivity contribution in [3.63, 3.8) is 0 Å². The molecule has 1 aliphatic heterocycles. The molecule has 1 fully saturated rings. The van der Waals surface area contributed by atoms with Gasteiger partial charge in [0.25, 0.3) is 0 Å². The summed E-state index contributed by atoms with van der Waals surface area (Å²) < 4.78 is 1.98. The summed E-state index contributed by atoms with van der Waals surface area (Å²) in [6.45, 7) is 6.77. The van der Waals surface area contributed by atoms with Crippen molar-refractivity contribution in [3.8, 4) is 0 Å². The van der Waals surface area contributed by atoms with Gasteiger partial charge < -0.3 is 14.8 Å². The van der Waals surface area contributed by atoms with Crippen molar-refractivity contribution in [3.05, 3.63) is 18.2 Å². The Kier molecular flexibility index (Phi) is 3.87. The second kappa shape index (κ2) is 5.42. The number of carbonyl (C=O) groups excluding carboxylic acids is 2. The number of aryl methyl sites for hydroxylation is 1. The molecule has 2 rings (SSSR count). The molecule has 0 aliphatic carbocycles. The summed E-state index contributed by atoms with van der Waals surface area (Å²) in [6.07, 6.45) is 4.24. The molecule has 0 bridgehead atoms. The van der Waals surface area contributed by atoms with Crippen molar-refractivity contribution in [2.24, 2.45) is 0 Å². The molecule has 6 nitrogen and oxygen atoms in total. The topological polar surface area (TPSA) is 67.2 Å². The van der Waals surface area contributed by atoms with Crippen LogP contribution in [0.2, 0.25) is 0 Å². The second-order valence-electron chi connectivity index (χ2n) is 4.84. The van der Waals surface area contributed by atoms with Gasteiger partial charge in [0.05, 0.1) is 0 Å². The molecule has 2 amide bonds. The van der Waals surface area contributed by atoms with Crippen molar-refractivity contribution < 1.29 is 9.59 Å². The lowest BCUT2D eigenvalue weighted by atomic mass is 10.1. The first kappa shape index (κ1) is 13.6. The third-order valence-electron chi connectivity index (χ3n) is 3.66. The molecule has 0 radical (unpaired) electrons. The molecule has 6 heteroatoms. The first-order chi connectivity index (χ1) is 9.04. The van der Waals surface area contributed by atoms with Crippen LogP contribution < -0.4 is 5.32 Å². The van der Waals surface area contributed by atoms with Gasteiger partial charge in [-0.15, -0.1) is 0 Å². The van der Waals surface area contributed by atoms with E-state index in [0.717, 1.165) is 5.82 Å². The SMILES string of the molecule is CCC1NC(=O)C(C)N(CCn2ccnc2C)C1=O. The first-order valence-electron chi connectivity index (χ1n) is 6.63. The summed E-state index contributed by atoms with van der Waals surface area (Å²) in [5.74, 6) is 0.842. The van der Waals surface area contributed by atoms with Gasteiger partial charge in [0.2, 0.25) is 11.8 Å². The Morgan fingerprint density at radius 1 is 1.37 bits per heavy atom. The monoisotopic (exact) mass is 264 g/mol. The number of nitrogens with zero attached hydrogens (tertiary/aromatic N) is 3. The third-order valence-corrected chi connectivity index (χ3v) is 3.66. The summed E-state index contributed by atoms with van der Waals surface area (Å²) in [6, 6.07) is -0.785. The van der Waals surface area contributed by atoms with Gasteiger partial charge >= 0.3 is 0 Å². The zero-order valence-electron chi connectivity index (χ0n) is 11.6. The molecule has 1 aliphatic rings. The molecule has 0 saturated carbocycles. The summed E-state index contributed by atoms with van der Waals surface area (Å²) >= 11 is 0. The van der Waals surface area contributed by atoms with Gasteiger partial charge in [0.1, 0.15) is 17.9 Å². The Morgan fingerprint density at radius 2 is 2.11 bits per heavy atom. The van der Waals surface area contributed by atoms with Gasteiger partial charge in [-0.25, -0.2) is 4.98 Å². The highest BCUT2D eigenvalue weighted by Crippen LogP contribution is 2.12. The highest BCUT2D eigenvalue weighted by Gasteiger charge is 2.36. The summed E-state index contributed by atoms with van der Waals surface area (Å²) in [4.78, 5) is 29.9. The van der Waals surface area contributed by atoms with Crippen LogP contribution in [0, 0.1) is 6.92 Å². The maximum Gasteiger partial charge on any atom is 0.245 e. The fourth-order valence-corrected chi connectivity index (χ4v) is 2.32. The fourth-order valence-electron chi connectivity index (χ4n) is 2.32. The predicted octanol–water partition coefficient (Wildman–Crippen LogP) is 0.317. The lowest BCUT2D eigenvalue weighted by Gasteiger charge is -2.37. The number of nitrogens with one attached hydrogen (secondary N) is 1. The van der Waals surface area contributed by atoms with Gasteiger partial charge in [0.15, 0.2) is 0 Å². The van der Waals surface area contributed by atoms with Gasteiger partial charge in [-0.1, -0.05) is 6.92 Å². The molecule has 0 spiro atoms. The van der Waals surface area contributed by atoms with Crippen molar-refractivity contribution in [1.82, 2.24) is 19.8 Å². The smallest absolute Gasteiger partial charge is 0.245 e. The van der Waals surface area contributed by atoms with E-state index >= 15 is 0 Å². The average molecular weight is 264 g/mol. The number of carbonyl (C=O) groups is 2. The highest BCUT2D eigenvalue weighted by atomic mass is 16.2. The number of amides is 2. The number of aromatic nitrogens is 2. The minimum absolute atomic E-state index is 0.00682. The lowest BCUT2D eigenvalue weighted by molar-refractivity contribution is -0.148. The van der Waals surface area contributed by atoms with E-state index in [2.05, 4.69) is 10.3 Å². The van der Waals surface area contributed by atoms with E-state index < -0.39 is 6.04 Å². The van der Waals surface area contributed by atoms with E-state index in [1.807, 2.05) is 24.6 Å². The molecule has 0 aromatic carbocycles. The van der Waals surface area contributed by atoms with Crippen LogP contribution in [0.5, 0.6) is 0 Å². The normalized spacial score (nSPS) is 23.6. The Morgan fingerprint density at radius 3 is 2.68 bits per heavy atom. The van der Waals surface area contributed by atoms with Crippen LogP contribution in [0.1, 0.15) is 26.1 Å². The number of imidazole rings is 1. The summed E-state index contributed by atoms with van der Waals surface area (Å²) in [5, 5.41) is 2.75. The minimum Gasteiger partial charge on any atom is -0.343 e. The van der Waals surface area contributed by atoms with E-state index in [-0.39, 0.29) is 17.9 Å². The Hall–Kier alpha value is -1.85. The van der Waals surface area contributed by atoms with Crippen molar-refractivity contribution in [1.29, 1.82) is 0 Å². The van der Waals surface area contributed by atoms with Gasteiger partial charge in [-0.05, 0) is 20.3 Å². The number of hydrogen-bond acceptors (Lipinski definition) is 3. The Labute approximate surface area is 112 Å². The predicted molar refractivity (Wildman–Crippen MR) is 70.4 cm³/mol. The van der Waals surface area contributed by atoms with Crippen LogP contribution in [0.25, 0.3) is 0 Å². The van der Waals surface area contributed by atoms with Crippen LogP contribution in [0.3, 0.4) is 0 Å². The molecule has 2 unspecified atom stereocenters. The molecule has 19 heavy (non-hydrogen) atoms. The average Bonchev–Trinajstić information content (AvgIpc) is 2.79. The third kappa shape index (κ3) is 2.62. The van der Waals surface area contributed by atoms with Crippen LogP contribution in [-0.2, 0) is 16.1 Å². The van der Waals surface area contributed by atoms with E-state index in [9.17, 15) is 9.59 Å². The maximum absolute atomic E-state index is 12.2. The number of piperazine rings is 1. The number of hydrogen-bond donors (Lipinski definition) is 1. The van der Waals surface area contributed by atoms with Gasteiger partial charge in [-0.3, -0.25) is 9.59 Å². The van der Waals surface area contributed by atoms with Gasteiger partial charge in [0, 0.05) is 25.5 Å². The fraction of sp³-hybridized carbons (Fsp3) is 0.615. The van der Waals surface area contributed by atoms with Crippen molar-refractivity contribution in [2.75, 3.05) is 6.54 Å². The van der Waals surface area contributed by atoms with Crippen molar-refractivity contribution in [2.45, 2.75) is 45.8 Å². The van der Waals surface area contributed by atoms with Crippen LogP contribution in [-0.4, -0.2) is 44.9 Å². The molecule has 104 valence electrons. The molecule has 1 N–H and O–H groups in total. The van der Waals surface area contributed by atoms with E-state index in [1.54, 1.807) is 18.0 Å². The standard InChI is InChI=1S/C13H20N4O2/c1-4-11-13(19)17(9(2)12(18)15-11)8-7-16-6-5-14-10(16)3/h5-6,9,11H,4,7-8H2,1-3H3,(H,15,18). The van der Waals surface area contributed by atoms with E-state index in [4.69, 9.17) is 0 Å². The molecular formula is C13H20N4O2. The van der Waals surface area contributed by atoms with Crippen LogP contribution >= 0.6 is 0 Å². The largest absolute Gasteiger partial charge is 0.343 e. The lowest BCUT2D eigenvalue weighted by Crippen LogP contribution is -2.62. The zero-order valence-corrected chi connectivity index (χ0v) is 11.6. The molecular weight excluding hydrogens is 244 g/mol. The zero-order chi connectivity index (χ0) is 14.0. The molecule has 1 aromatic rings. The molecule has 1 aromatic heterocycles. The van der Waals surface area contributed by atoms with Gasteiger partial charge in [-0.2, -0.15) is 0 Å². The van der Waals surface area contributed by atoms with E-state index in [0.29, 0.717) is 19.5 Å². The molecule has 1 saturated heterocycles. The Balaban J connectivity index is 2.06. The van der Waals surface area contributed by atoms with Crippen LogP contribution in [0.15, 0.2) is 12.4 Å². The van der Waals surface area contributed by atoms with Crippen LogP contribution in [0.4, 0.5) is 0 Å². The Bertz CT molecular complexity index is 483. The minimum atomic E-state index is -0.404. The van der Waals surface area contributed by atoms with E-state index in [1.165, 1.54) is 0 Å². The summed E-state index contributed by atoms with van der Waals surface area (Å²) in [5.41, 5.74) is 0. The molecule has 2 atom stereocenters. The summed E-state index contributed by atoms with van der Waals surface area (Å²) in [7, 11) is 0. The van der Waals surface area contributed by atoms with Crippen molar-refractivity contribution >= 4 is 11.8 Å². The first-order valence-corrected chi connectivity index (χ1v) is 6.63. The quantitative estimate of drug-likeness (QED) is 0.851. The maximum atomic E-state index is 12.2.